The molecule has 0 aliphatic heterocycles. The minimum Gasteiger partial charge on any atom is -0.507 e. The van der Waals surface area contributed by atoms with Crippen LogP contribution in [-0.2, 0) is 0 Å². The van der Waals surface area contributed by atoms with E-state index in [4.69, 9.17) is 0 Å². The van der Waals surface area contributed by atoms with Gasteiger partial charge < -0.3 is 5.11 Å². The van der Waals surface area contributed by atoms with E-state index >= 15 is 0 Å². The lowest BCUT2D eigenvalue weighted by atomic mass is 10.2. The number of nitrogens with one attached hydrogen (secondary N) is 1. The van der Waals surface area contributed by atoms with E-state index in [9.17, 15) is 9.90 Å². The molecule has 6 heteroatoms. The number of aromatic hydroxyl groups is 1. The molecule has 1 amide bonds. The molecule has 0 saturated heterocycles. The highest BCUT2D eigenvalue weighted by Gasteiger charge is 2.10. The number of hydrogen-bond acceptors (Lipinski definition) is 5. The number of nitrogens with zero attached hydrogens (tertiary/aromatic N) is 3. The van der Waals surface area contributed by atoms with Gasteiger partial charge in [0.2, 0.25) is 5.95 Å². The Balaban J connectivity index is 2.19. The molecule has 1 aromatic heterocycles. The molecule has 1 heterocycles. The maximum atomic E-state index is 11.7. The third kappa shape index (κ3) is 2.11. The zero-order valence-electron chi connectivity index (χ0n) is 8.16. The van der Waals surface area contributed by atoms with E-state index < -0.39 is 5.91 Å². The van der Waals surface area contributed by atoms with Gasteiger partial charge in [0.15, 0.2) is 0 Å². The van der Waals surface area contributed by atoms with E-state index in [0.717, 1.165) is 0 Å². The molecule has 0 saturated carbocycles. The van der Waals surface area contributed by atoms with Gasteiger partial charge in [-0.25, -0.2) is 15.0 Å². The summed E-state index contributed by atoms with van der Waals surface area (Å²) in [5.74, 6) is -0.415. The third-order valence-electron chi connectivity index (χ3n) is 1.87. The Morgan fingerprint density at radius 2 is 1.88 bits per heavy atom. The Morgan fingerprint density at radius 3 is 2.56 bits per heavy atom. The fourth-order valence-electron chi connectivity index (χ4n) is 1.14. The monoisotopic (exact) mass is 216 g/mol. The molecule has 1 aromatic carbocycles. The molecule has 0 unspecified atom stereocenters. The molecular weight excluding hydrogens is 208 g/mol. The summed E-state index contributed by atoms with van der Waals surface area (Å²) in [5, 5.41) is 11.9. The van der Waals surface area contributed by atoms with E-state index in [0.29, 0.717) is 0 Å². The number of phenolic OH excluding ortho intramolecular Hbond substituents is 1. The molecule has 0 spiro atoms. The van der Waals surface area contributed by atoms with E-state index in [1.165, 1.54) is 24.8 Å². The van der Waals surface area contributed by atoms with Gasteiger partial charge in [-0.05, 0) is 12.1 Å². The second-order valence-corrected chi connectivity index (χ2v) is 2.93. The number of para-hydroxylation sites is 1. The highest BCUT2D eigenvalue weighted by atomic mass is 16.3. The van der Waals surface area contributed by atoms with Gasteiger partial charge in [0.1, 0.15) is 18.4 Å². The summed E-state index contributed by atoms with van der Waals surface area (Å²) < 4.78 is 0. The van der Waals surface area contributed by atoms with Crippen LogP contribution in [0.1, 0.15) is 10.4 Å². The lowest BCUT2D eigenvalue weighted by molar-refractivity contribution is 0.102. The van der Waals surface area contributed by atoms with Crippen LogP contribution in [-0.4, -0.2) is 26.0 Å². The molecule has 6 nitrogen and oxygen atoms in total. The molecule has 80 valence electrons. The van der Waals surface area contributed by atoms with Gasteiger partial charge in [0, 0.05) is 0 Å². The van der Waals surface area contributed by atoms with E-state index in [1.807, 2.05) is 0 Å². The average molecular weight is 216 g/mol. The van der Waals surface area contributed by atoms with Gasteiger partial charge in [0.25, 0.3) is 5.91 Å². The van der Waals surface area contributed by atoms with Crippen LogP contribution in [0.15, 0.2) is 36.9 Å². The molecule has 0 fully saturated rings. The number of anilines is 1. The Bertz CT molecular complexity index is 501. The standard InChI is InChI=1S/C10H8N4O2/c15-8-4-2-1-3-7(8)9(16)14-10-12-5-11-6-13-10/h1-6,15H,(H,11,12,13,14,16). The molecule has 2 N–H and O–H groups in total. The van der Waals surface area contributed by atoms with Crippen molar-refractivity contribution in [2.75, 3.05) is 5.32 Å². The highest BCUT2D eigenvalue weighted by Crippen LogP contribution is 2.16. The number of carbonyl (C=O) groups is 1. The lowest BCUT2D eigenvalue weighted by Crippen LogP contribution is -2.14. The number of rotatable bonds is 2. The summed E-state index contributed by atoms with van der Waals surface area (Å²) in [6.07, 6.45) is 2.54. The smallest absolute Gasteiger partial charge is 0.261 e. The molecule has 2 rings (SSSR count). The summed E-state index contributed by atoms with van der Waals surface area (Å²) in [6, 6.07) is 6.23. The topological polar surface area (TPSA) is 88.0 Å². The van der Waals surface area contributed by atoms with Crippen LogP contribution in [0.25, 0.3) is 0 Å². The Morgan fingerprint density at radius 1 is 1.19 bits per heavy atom. The SMILES string of the molecule is O=C(Nc1ncncn1)c1ccccc1O. The van der Waals surface area contributed by atoms with Gasteiger partial charge in [0.05, 0.1) is 5.56 Å². The molecule has 0 radical (unpaired) electrons. The van der Waals surface area contributed by atoms with Crippen molar-refractivity contribution in [3.63, 3.8) is 0 Å². The van der Waals surface area contributed by atoms with Crippen molar-refractivity contribution in [1.29, 1.82) is 0 Å². The van der Waals surface area contributed by atoms with Crippen molar-refractivity contribution in [3.05, 3.63) is 42.5 Å². The summed E-state index contributed by atoms with van der Waals surface area (Å²) in [6.45, 7) is 0. The maximum Gasteiger partial charge on any atom is 0.261 e. The van der Waals surface area contributed by atoms with Crippen molar-refractivity contribution in [1.82, 2.24) is 15.0 Å². The first-order valence-corrected chi connectivity index (χ1v) is 4.49. The van der Waals surface area contributed by atoms with E-state index in [-0.39, 0.29) is 17.3 Å². The molecule has 0 aliphatic rings. The Hall–Kier alpha value is -2.50. The Kier molecular flexibility index (Phi) is 2.73. The first-order valence-electron chi connectivity index (χ1n) is 4.49. The number of amides is 1. The van der Waals surface area contributed by atoms with Crippen LogP contribution in [0.2, 0.25) is 0 Å². The van der Waals surface area contributed by atoms with Gasteiger partial charge in [-0.1, -0.05) is 12.1 Å². The largest absolute Gasteiger partial charge is 0.507 e. The van der Waals surface area contributed by atoms with Crippen LogP contribution in [0.5, 0.6) is 5.75 Å². The van der Waals surface area contributed by atoms with Crippen LogP contribution in [0.3, 0.4) is 0 Å². The van der Waals surface area contributed by atoms with Crippen LogP contribution >= 0.6 is 0 Å². The minimum atomic E-state index is -0.468. The second-order valence-electron chi connectivity index (χ2n) is 2.93. The van der Waals surface area contributed by atoms with Crippen molar-refractivity contribution in [2.45, 2.75) is 0 Å². The third-order valence-corrected chi connectivity index (χ3v) is 1.87. The predicted molar refractivity (Wildman–Crippen MR) is 55.9 cm³/mol. The maximum absolute atomic E-state index is 11.7. The average Bonchev–Trinajstić information content (AvgIpc) is 2.31. The number of aromatic nitrogens is 3. The fraction of sp³-hybridized carbons (Fsp3) is 0. The number of hydrogen-bond donors (Lipinski definition) is 2. The van der Waals surface area contributed by atoms with Crippen molar-refractivity contribution >= 4 is 11.9 Å². The van der Waals surface area contributed by atoms with Gasteiger partial charge in [-0.3, -0.25) is 10.1 Å². The van der Waals surface area contributed by atoms with Crippen molar-refractivity contribution in [2.24, 2.45) is 0 Å². The van der Waals surface area contributed by atoms with E-state index in [2.05, 4.69) is 20.3 Å². The zero-order chi connectivity index (χ0) is 11.4. The Labute approximate surface area is 91.0 Å². The normalized spacial score (nSPS) is 9.75. The molecule has 16 heavy (non-hydrogen) atoms. The molecule has 0 atom stereocenters. The highest BCUT2D eigenvalue weighted by molar-refractivity contribution is 6.05. The van der Waals surface area contributed by atoms with Gasteiger partial charge in [-0.15, -0.1) is 0 Å². The first kappa shape index (κ1) is 10.0. The molecule has 2 aromatic rings. The summed E-state index contributed by atoms with van der Waals surface area (Å²) >= 11 is 0. The minimum absolute atomic E-state index is 0.0888. The fourth-order valence-corrected chi connectivity index (χ4v) is 1.14. The van der Waals surface area contributed by atoms with Crippen LogP contribution in [0.4, 0.5) is 5.95 Å². The lowest BCUT2D eigenvalue weighted by Gasteiger charge is -2.04. The number of carbonyl (C=O) groups excluding carboxylic acids is 1. The van der Waals surface area contributed by atoms with Crippen molar-refractivity contribution in [3.8, 4) is 5.75 Å². The van der Waals surface area contributed by atoms with Gasteiger partial charge >= 0.3 is 0 Å². The molecule has 0 aliphatic carbocycles. The summed E-state index contributed by atoms with van der Waals surface area (Å²) in [7, 11) is 0. The zero-order valence-corrected chi connectivity index (χ0v) is 8.16. The number of benzene rings is 1. The predicted octanol–water partition coefficient (Wildman–Crippen LogP) is 0.830. The summed E-state index contributed by atoms with van der Waals surface area (Å²) in [5.41, 5.74) is 0.169. The van der Waals surface area contributed by atoms with Crippen LogP contribution in [0, 0.1) is 0 Å². The molecule has 0 bridgehead atoms. The first-order chi connectivity index (χ1) is 7.77. The summed E-state index contributed by atoms with van der Waals surface area (Å²) in [4.78, 5) is 22.8. The second kappa shape index (κ2) is 4.35. The van der Waals surface area contributed by atoms with Gasteiger partial charge in [-0.2, -0.15) is 0 Å². The molecular formula is C10H8N4O2. The van der Waals surface area contributed by atoms with Crippen LogP contribution < -0.4 is 5.32 Å². The quantitative estimate of drug-likeness (QED) is 0.776. The number of phenols is 1. The van der Waals surface area contributed by atoms with E-state index in [1.54, 1.807) is 12.1 Å². The van der Waals surface area contributed by atoms with Crippen molar-refractivity contribution < 1.29 is 9.90 Å².